The Morgan fingerprint density at radius 1 is 0.606 bits per heavy atom. The molecule has 0 aliphatic rings. The zero-order chi connectivity index (χ0) is 22.7. The van der Waals surface area contributed by atoms with Crippen LogP contribution in [0.15, 0.2) is 109 Å². The number of rotatable bonds is 10. The van der Waals surface area contributed by atoms with Crippen LogP contribution in [0.3, 0.4) is 0 Å². The summed E-state index contributed by atoms with van der Waals surface area (Å²) in [6.45, 7) is 1.32. The first-order valence-corrected chi connectivity index (χ1v) is 10.8. The summed E-state index contributed by atoms with van der Waals surface area (Å²) in [5.41, 5.74) is 2.29. The van der Waals surface area contributed by atoms with E-state index >= 15 is 0 Å². The highest BCUT2D eigenvalue weighted by Crippen LogP contribution is 2.20. The molecule has 0 radical (unpaired) electrons. The number of para-hydroxylation sites is 1. The standard InChI is InChI=1S/C28H25NO4/c30-28(29-24-10-7-13-27(20-24)33-21-22-8-3-1-4-9-22)23-14-16-26(17-15-23)32-19-18-31-25-11-5-2-6-12-25/h1-17,20H,18-19,21H2,(H,29,30). The monoisotopic (exact) mass is 439 g/mol. The SMILES string of the molecule is O=C(Nc1cccc(OCc2ccccc2)c1)c1ccc(OCCOc2ccccc2)cc1. The van der Waals surface area contributed by atoms with Crippen LogP contribution in [0.25, 0.3) is 0 Å². The first-order chi connectivity index (χ1) is 16.3. The van der Waals surface area contributed by atoms with Gasteiger partial charge in [-0.05, 0) is 54.1 Å². The van der Waals surface area contributed by atoms with Crippen molar-refractivity contribution in [2.75, 3.05) is 18.5 Å². The Hall–Kier alpha value is -4.25. The Morgan fingerprint density at radius 2 is 1.21 bits per heavy atom. The van der Waals surface area contributed by atoms with Crippen LogP contribution in [0.1, 0.15) is 15.9 Å². The van der Waals surface area contributed by atoms with Gasteiger partial charge in [-0.2, -0.15) is 0 Å². The minimum Gasteiger partial charge on any atom is -0.490 e. The zero-order valence-electron chi connectivity index (χ0n) is 18.1. The maximum absolute atomic E-state index is 12.6. The molecule has 0 heterocycles. The molecule has 0 aromatic heterocycles. The quantitative estimate of drug-likeness (QED) is 0.309. The molecule has 166 valence electrons. The predicted molar refractivity (Wildman–Crippen MR) is 129 cm³/mol. The van der Waals surface area contributed by atoms with Gasteiger partial charge in [-0.25, -0.2) is 0 Å². The highest BCUT2D eigenvalue weighted by atomic mass is 16.5. The van der Waals surface area contributed by atoms with Gasteiger partial charge < -0.3 is 19.5 Å². The zero-order valence-corrected chi connectivity index (χ0v) is 18.1. The van der Waals surface area contributed by atoms with Gasteiger partial charge in [-0.3, -0.25) is 4.79 Å². The Morgan fingerprint density at radius 3 is 1.91 bits per heavy atom. The number of carbonyl (C=O) groups is 1. The summed E-state index contributed by atoms with van der Waals surface area (Å²) < 4.78 is 17.1. The van der Waals surface area contributed by atoms with E-state index in [2.05, 4.69) is 5.32 Å². The fourth-order valence-electron chi connectivity index (χ4n) is 3.15. The fourth-order valence-corrected chi connectivity index (χ4v) is 3.15. The van der Waals surface area contributed by atoms with E-state index in [0.29, 0.717) is 42.6 Å². The van der Waals surface area contributed by atoms with Crippen molar-refractivity contribution in [2.24, 2.45) is 0 Å². The van der Waals surface area contributed by atoms with Crippen molar-refractivity contribution in [3.63, 3.8) is 0 Å². The van der Waals surface area contributed by atoms with Gasteiger partial charge in [0.15, 0.2) is 0 Å². The number of nitrogens with one attached hydrogen (secondary N) is 1. The van der Waals surface area contributed by atoms with E-state index in [1.807, 2.05) is 84.9 Å². The van der Waals surface area contributed by atoms with Gasteiger partial charge >= 0.3 is 0 Å². The second-order valence-electron chi connectivity index (χ2n) is 7.29. The second kappa shape index (κ2) is 11.4. The number of carbonyl (C=O) groups excluding carboxylic acids is 1. The molecule has 0 saturated heterocycles. The van der Waals surface area contributed by atoms with Crippen molar-refractivity contribution in [2.45, 2.75) is 6.61 Å². The Bertz CT molecular complexity index is 1150. The van der Waals surface area contributed by atoms with Crippen molar-refractivity contribution in [3.05, 3.63) is 120 Å². The molecule has 0 aliphatic heterocycles. The summed E-state index contributed by atoms with van der Waals surface area (Å²) in [6.07, 6.45) is 0. The van der Waals surface area contributed by atoms with Gasteiger partial charge in [0.25, 0.3) is 5.91 Å². The second-order valence-corrected chi connectivity index (χ2v) is 7.29. The average molecular weight is 440 g/mol. The smallest absolute Gasteiger partial charge is 0.255 e. The maximum Gasteiger partial charge on any atom is 0.255 e. The molecular weight excluding hydrogens is 414 g/mol. The molecule has 0 unspecified atom stereocenters. The van der Waals surface area contributed by atoms with Crippen LogP contribution >= 0.6 is 0 Å². The summed E-state index contributed by atoms with van der Waals surface area (Å²) >= 11 is 0. The van der Waals surface area contributed by atoms with E-state index in [9.17, 15) is 4.79 Å². The summed E-state index contributed by atoms with van der Waals surface area (Å²) in [7, 11) is 0. The Balaban J connectivity index is 1.25. The molecule has 0 bridgehead atoms. The van der Waals surface area contributed by atoms with Crippen molar-refractivity contribution in [1.29, 1.82) is 0 Å². The van der Waals surface area contributed by atoms with Crippen molar-refractivity contribution >= 4 is 11.6 Å². The highest BCUT2D eigenvalue weighted by molar-refractivity contribution is 6.04. The highest BCUT2D eigenvalue weighted by Gasteiger charge is 2.07. The molecule has 4 rings (SSSR count). The van der Waals surface area contributed by atoms with Gasteiger partial charge in [0.05, 0.1) is 0 Å². The number of amides is 1. The third-order valence-electron chi connectivity index (χ3n) is 4.82. The van der Waals surface area contributed by atoms with Gasteiger partial charge in [0.1, 0.15) is 37.1 Å². The van der Waals surface area contributed by atoms with E-state index in [0.717, 1.165) is 11.3 Å². The number of hydrogen-bond acceptors (Lipinski definition) is 4. The van der Waals surface area contributed by atoms with Crippen LogP contribution < -0.4 is 19.5 Å². The number of benzene rings is 4. The fraction of sp³-hybridized carbons (Fsp3) is 0.107. The Labute approximate surface area is 193 Å². The molecule has 0 saturated carbocycles. The summed E-state index contributed by atoms with van der Waals surface area (Å²) in [5.74, 6) is 1.98. The molecule has 1 amide bonds. The molecule has 0 fully saturated rings. The Kier molecular flexibility index (Phi) is 7.58. The molecule has 5 nitrogen and oxygen atoms in total. The molecule has 4 aromatic carbocycles. The lowest BCUT2D eigenvalue weighted by Crippen LogP contribution is -2.12. The third kappa shape index (κ3) is 6.87. The third-order valence-corrected chi connectivity index (χ3v) is 4.82. The molecule has 33 heavy (non-hydrogen) atoms. The van der Waals surface area contributed by atoms with E-state index in [1.54, 1.807) is 24.3 Å². The first-order valence-electron chi connectivity index (χ1n) is 10.8. The van der Waals surface area contributed by atoms with Crippen molar-refractivity contribution in [3.8, 4) is 17.2 Å². The average Bonchev–Trinajstić information content (AvgIpc) is 2.87. The lowest BCUT2D eigenvalue weighted by atomic mass is 10.2. The number of hydrogen-bond donors (Lipinski definition) is 1. The van der Waals surface area contributed by atoms with Crippen LogP contribution in [0.5, 0.6) is 17.2 Å². The topological polar surface area (TPSA) is 56.8 Å². The largest absolute Gasteiger partial charge is 0.490 e. The molecule has 5 heteroatoms. The van der Waals surface area contributed by atoms with E-state index in [-0.39, 0.29) is 5.91 Å². The number of anilines is 1. The van der Waals surface area contributed by atoms with Crippen LogP contribution in [0, 0.1) is 0 Å². The molecule has 4 aromatic rings. The first kappa shape index (κ1) is 22.0. The van der Waals surface area contributed by atoms with Crippen LogP contribution in [-0.4, -0.2) is 19.1 Å². The molecule has 1 N–H and O–H groups in total. The minimum absolute atomic E-state index is 0.200. The summed E-state index contributed by atoms with van der Waals surface area (Å²) in [5, 5.41) is 2.91. The lowest BCUT2D eigenvalue weighted by Gasteiger charge is -2.10. The minimum atomic E-state index is -0.200. The molecule has 0 atom stereocenters. The van der Waals surface area contributed by atoms with Crippen LogP contribution in [0.4, 0.5) is 5.69 Å². The van der Waals surface area contributed by atoms with Crippen LogP contribution in [-0.2, 0) is 6.61 Å². The lowest BCUT2D eigenvalue weighted by molar-refractivity contribution is 0.102. The summed E-state index contributed by atoms with van der Waals surface area (Å²) in [4.78, 5) is 12.6. The maximum atomic E-state index is 12.6. The number of ether oxygens (including phenoxy) is 3. The normalized spacial score (nSPS) is 10.3. The van der Waals surface area contributed by atoms with E-state index in [1.165, 1.54) is 0 Å². The van der Waals surface area contributed by atoms with Gasteiger partial charge in [0, 0.05) is 17.3 Å². The summed E-state index contributed by atoms with van der Waals surface area (Å²) in [6, 6.07) is 33.9. The molecule has 0 spiro atoms. The van der Waals surface area contributed by atoms with Crippen LogP contribution in [0.2, 0.25) is 0 Å². The van der Waals surface area contributed by atoms with Gasteiger partial charge in [-0.1, -0.05) is 54.6 Å². The molecule has 0 aliphatic carbocycles. The van der Waals surface area contributed by atoms with Crippen molar-refractivity contribution < 1.29 is 19.0 Å². The van der Waals surface area contributed by atoms with E-state index in [4.69, 9.17) is 14.2 Å². The van der Waals surface area contributed by atoms with Gasteiger partial charge in [-0.15, -0.1) is 0 Å². The molecular formula is C28H25NO4. The predicted octanol–water partition coefficient (Wildman–Crippen LogP) is 5.98. The van der Waals surface area contributed by atoms with E-state index < -0.39 is 0 Å². The van der Waals surface area contributed by atoms with Gasteiger partial charge in [0.2, 0.25) is 0 Å². The van der Waals surface area contributed by atoms with Crippen molar-refractivity contribution in [1.82, 2.24) is 0 Å².